The highest BCUT2D eigenvalue weighted by Crippen LogP contribution is 2.69. The van der Waals surface area contributed by atoms with E-state index in [-0.39, 0.29) is 5.70 Å². The minimum absolute atomic E-state index is 0.0964. The van der Waals surface area contributed by atoms with Crippen LogP contribution in [0.5, 0.6) is 0 Å². The van der Waals surface area contributed by atoms with Gasteiger partial charge in [0, 0.05) is 24.4 Å². The average molecular weight is 385 g/mol. The predicted molar refractivity (Wildman–Crippen MR) is 84.8 cm³/mol. The highest BCUT2D eigenvalue weighted by Gasteiger charge is 2.84. The SMILES string of the molecule is CN1C(C#N)=CC2=C3C(=C4C=CC=NC4(C)C21C)C(F)(F)C(F)(F)C3(F)F. The molecule has 2 unspecified atom stereocenters. The number of allylic oxidation sites excluding steroid dienone is 4. The highest BCUT2D eigenvalue weighted by atomic mass is 19.3. The van der Waals surface area contributed by atoms with Gasteiger partial charge in [-0.3, -0.25) is 4.99 Å². The van der Waals surface area contributed by atoms with E-state index >= 15 is 0 Å². The summed E-state index contributed by atoms with van der Waals surface area (Å²) in [7, 11) is 1.42. The van der Waals surface area contributed by atoms with Gasteiger partial charge >= 0.3 is 17.8 Å². The van der Waals surface area contributed by atoms with Gasteiger partial charge in [0.2, 0.25) is 0 Å². The minimum atomic E-state index is -5.60. The summed E-state index contributed by atoms with van der Waals surface area (Å²) < 4.78 is 87.1. The lowest BCUT2D eigenvalue weighted by Gasteiger charge is -2.52. The van der Waals surface area contributed by atoms with Crippen molar-refractivity contribution in [1.82, 2.24) is 4.90 Å². The second kappa shape index (κ2) is 4.49. The standard InChI is InChI=1S/C18H13F6N3/c1-14-10(5-4-6-26-14)12-13(17(21,22)18(23,24)16(12,19)20)11-7-9(8-25)27(3)15(11,14)2/h4-7H,1-3H3. The Morgan fingerprint density at radius 1 is 1.00 bits per heavy atom. The molecule has 1 saturated carbocycles. The van der Waals surface area contributed by atoms with Gasteiger partial charge < -0.3 is 4.90 Å². The van der Waals surface area contributed by atoms with Crippen LogP contribution in [-0.2, 0) is 0 Å². The molecule has 2 aliphatic carbocycles. The van der Waals surface area contributed by atoms with E-state index in [1.807, 2.05) is 0 Å². The fourth-order valence-electron chi connectivity index (χ4n) is 4.52. The Morgan fingerprint density at radius 2 is 1.56 bits per heavy atom. The van der Waals surface area contributed by atoms with Gasteiger partial charge in [-0.25, -0.2) is 0 Å². The van der Waals surface area contributed by atoms with Gasteiger partial charge in [-0.15, -0.1) is 0 Å². The van der Waals surface area contributed by atoms with Crippen LogP contribution in [0.3, 0.4) is 0 Å². The molecule has 0 N–H and O–H groups in total. The van der Waals surface area contributed by atoms with Crippen molar-refractivity contribution in [3.8, 4) is 6.07 Å². The first-order chi connectivity index (χ1) is 12.3. The van der Waals surface area contributed by atoms with Crippen molar-refractivity contribution in [2.75, 3.05) is 7.05 Å². The summed E-state index contributed by atoms with van der Waals surface area (Å²) in [5, 5.41) is 9.32. The zero-order valence-corrected chi connectivity index (χ0v) is 14.4. The molecule has 142 valence electrons. The molecule has 0 aromatic rings. The number of hydrogen-bond acceptors (Lipinski definition) is 3. The highest BCUT2D eigenvalue weighted by molar-refractivity contribution is 5.80. The van der Waals surface area contributed by atoms with Crippen LogP contribution in [0.1, 0.15) is 13.8 Å². The van der Waals surface area contributed by atoms with Gasteiger partial charge in [-0.05, 0) is 37.1 Å². The molecule has 0 aromatic carbocycles. The van der Waals surface area contributed by atoms with E-state index in [0.717, 1.165) is 12.2 Å². The molecule has 0 bridgehead atoms. The van der Waals surface area contributed by atoms with Crippen molar-refractivity contribution >= 4 is 6.21 Å². The summed E-state index contributed by atoms with van der Waals surface area (Å²) in [6, 6.07) is 1.80. The molecule has 0 radical (unpaired) electrons. The van der Waals surface area contributed by atoms with Gasteiger partial charge in [-0.1, -0.05) is 6.08 Å². The molecule has 0 saturated heterocycles. The average Bonchev–Trinajstić information content (AvgIpc) is 2.90. The molecule has 0 spiro atoms. The Balaban J connectivity index is 2.24. The maximum absolute atomic E-state index is 14.7. The van der Waals surface area contributed by atoms with Crippen LogP contribution >= 0.6 is 0 Å². The lowest BCUT2D eigenvalue weighted by Crippen LogP contribution is -2.61. The van der Waals surface area contributed by atoms with Crippen molar-refractivity contribution in [3.63, 3.8) is 0 Å². The van der Waals surface area contributed by atoms with Crippen LogP contribution in [0, 0.1) is 11.3 Å². The number of nitrogens with zero attached hydrogens (tertiary/aromatic N) is 3. The summed E-state index contributed by atoms with van der Waals surface area (Å²) in [5.74, 6) is -15.8. The quantitative estimate of drug-likeness (QED) is 0.591. The molecule has 4 rings (SSSR count). The number of dihydropyridines is 1. The van der Waals surface area contributed by atoms with Gasteiger partial charge in [0.05, 0.1) is 5.54 Å². The fourth-order valence-corrected chi connectivity index (χ4v) is 4.52. The summed E-state index contributed by atoms with van der Waals surface area (Å²) >= 11 is 0. The topological polar surface area (TPSA) is 39.4 Å². The molecular weight excluding hydrogens is 372 g/mol. The molecular formula is C18H13F6N3. The van der Waals surface area contributed by atoms with Crippen molar-refractivity contribution in [2.24, 2.45) is 4.99 Å². The lowest BCUT2D eigenvalue weighted by atomic mass is 9.62. The van der Waals surface area contributed by atoms with Crippen LogP contribution in [0.2, 0.25) is 0 Å². The molecule has 9 heteroatoms. The smallest absolute Gasteiger partial charge is 0.354 e. The van der Waals surface area contributed by atoms with Crippen molar-refractivity contribution < 1.29 is 26.3 Å². The molecule has 2 heterocycles. The maximum atomic E-state index is 14.7. The van der Waals surface area contributed by atoms with Crippen molar-refractivity contribution in [3.05, 3.63) is 46.2 Å². The largest absolute Gasteiger partial charge is 0.380 e. The molecule has 2 aliphatic heterocycles. The van der Waals surface area contributed by atoms with E-state index in [1.54, 1.807) is 6.07 Å². The Kier molecular flexibility index (Phi) is 2.97. The Bertz CT molecular complexity index is 978. The Labute approximate surface area is 150 Å². The third-order valence-electron chi connectivity index (χ3n) is 6.31. The maximum Gasteiger partial charge on any atom is 0.380 e. The molecule has 3 nitrogen and oxygen atoms in total. The first-order valence-corrected chi connectivity index (χ1v) is 8.02. The van der Waals surface area contributed by atoms with E-state index in [4.69, 9.17) is 0 Å². The van der Waals surface area contributed by atoms with Crippen LogP contribution in [0.15, 0.2) is 51.2 Å². The molecule has 27 heavy (non-hydrogen) atoms. The summed E-state index contributed by atoms with van der Waals surface area (Å²) in [6.07, 6.45) is 4.65. The van der Waals surface area contributed by atoms with Gasteiger partial charge in [0.15, 0.2) is 0 Å². The van der Waals surface area contributed by atoms with E-state index < -0.39 is 51.1 Å². The van der Waals surface area contributed by atoms with Crippen molar-refractivity contribution in [2.45, 2.75) is 42.7 Å². The van der Waals surface area contributed by atoms with Crippen LogP contribution in [0.4, 0.5) is 26.3 Å². The van der Waals surface area contributed by atoms with Crippen molar-refractivity contribution in [1.29, 1.82) is 5.26 Å². The monoisotopic (exact) mass is 385 g/mol. The molecule has 4 aliphatic rings. The lowest BCUT2D eigenvalue weighted by molar-refractivity contribution is -0.258. The first-order valence-electron chi connectivity index (χ1n) is 8.02. The zero-order chi connectivity index (χ0) is 20.2. The molecule has 0 aromatic heterocycles. The number of halogens is 6. The van der Waals surface area contributed by atoms with E-state index in [1.165, 1.54) is 38.1 Å². The first kappa shape index (κ1) is 17.9. The van der Waals surface area contributed by atoms with E-state index in [0.29, 0.717) is 0 Å². The Hall–Kier alpha value is -2.50. The summed E-state index contributed by atoms with van der Waals surface area (Å²) in [6.45, 7) is 2.86. The number of alkyl halides is 6. The minimum Gasteiger partial charge on any atom is -0.354 e. The van der Waals surface area contributed by atoms with Gasteiger partial charge in [-0.2, -0.15) is 31.6 Å². The molecule has 2 atom stereocenters. The molecule has 0 amide bonds. The summed E-state index contributed by atoms with van der Waals surface area (Å²) in [5.41, 5.74) is -6.83. The number of aliphatic imine (C=N–C) groups is 1. The second-order valence-electron chi connectivity index (χ2n) is 7.28. The number of nitriles is 1. The van der Waals surface area contributed by atoms with E-state index in [9.17, 15) is 31.6 Å². The van der Waals surface area contributed by atoms with Gasteiger partial charge in [0.25, 0.3) is 0 Å². The van der Waals surface area contributed by atoms with Crippen LogP contribution < -0.4 is 0 Å². The van der Waals surface area contributed by atoms with Crippen LogP contribution in [0.25, 0.3) is 0 Å². The molecule has 1 fully saturated rings. The van der Waals surface area contributed by atoms with Crippen LogP contribution in [-0.4, -0.2) is 47.0 Å². The fraction of sp³-hybridized carbons (Fsp3) is 0.444. The number of rotatable bonds is 0. The van der Waals surface area contributed by atoms with Gasteiger partial charge in [0.1, 0.15) is 17.3 Å². The number of hydrogen-bond donors (Lipinski definition) is 0. The third-order valence-corrected chi connectivity index (χ3v) is 6.31. The number of likely N-dealkylation sites (N-methyl/N-ethyl adjacent to an activating group) is 1. The summed E-state index contributed by atoms with van der Waals surface area (Å²) in [4.78, 5) is 5.55. The van der Waals surface area contributed by atoms with E-state index in [2.05, 4.69) is 4.99 Å². The Morgan fingerprint density at radius 3 is 2.11 bits per heavy atom. The third kappa shape index (κ3) is 1.52. The second-order valence-corrected chi connectivity index (χ2v) is 7.28. The normalized spacial score (nSPS) is 37.0. The predicted octanol–water partition coefficient (Wildman–Crippen LogP) is 4.02. The zero-order valence-electron chi connectivity index (χ0n) is 14.4. The number of fused-ring (bicyclic) bond motifs is 4.